The van der Waals surface area contributed by atoms with Gasteiger partial charge in [-0.25, -0.2) is 4.79 Å². The van der Waals surface area contributed by atoms with Gasteiger partial charge in [-0.15, -0.1) is 0 Å². The zero-order valence-corrected chi connectivity index (χ0v) is 8.56. The molecular formula is C11H9NO4. The van der Waals surface area contributed by atoms with E-state index in [1.807, 2.05) is 6.07 Å². The molecule has 1 aliphatic rings. The SMILES string of the molecule is Cc1cc(O)c(C(=O)C2CC2C#N)c(=O)o1. The molecule has 1 heterocycles. The summed E-state index contributed by atoms with van der Waals surface area (Å²) in [6.07, 6.45) is 0.447. The van der Waals surface area contributed by atoms with Gasteiger partial charge in [0.25, 0.3) is 0 Å². The van der Waals surface area contributed by atoms with E-state index in [0.29, 0.717) is 6.42 Å². The van der Waals surface area contributed by atoms with Crippen molar-refractivity contribution in [3.63, 3.8) is 0 Å². The van der Waals surface area contributed by atoms with Crippen LogP contribution in [0.5, 0.6) is 5.75 Å². The van der Waals surface area contributed by atoms with Gasteiger partial charge in [-0.3, -0.25) is 4.79 Å². The second-order valence-corrected chi connectivity index (χ2v) is 3.85. The quantitative estimate of drug-likeness (QED) is 0.749. The molecule has 2 atom stereocenters. The van der Waals surface area contributed by atoms with E-state index in [1.165, 1.54) is 13.0 Å². The largest absolute Gasteiger partial charge is 0.507 e. The Hall–Kier alpha value is -2.09. The van der Waals surface area contributed by atoms with E-state index >= 15 is 0 Å². The van der Waals surface area contributed by atoms with E-state index in [-0.39, 0.29) is 23.0 Å². The van der Waals surface area contributed by atoms with Gasteiger partial charge in [0.1, 0.15) is 17.1 Å². The van der Waals surface area contributed by atoms with Crippen LogP contribution in [0, 0.1) is 30.1 Å². The van der Waals surface area contributed by atoms with Crippen molar-refractivity contribution in [2.24, 2.45) is 11.8 Å². The number of carbonyl (C=O) groups is 1. The van der Waals surface area contributed by atoms with Crippen LogP contribution >= 0.6 is 0 Å². The molecule has 1 fully saturated rings. The monoisotopic (exact) mass is 219 g/mol. The van der Waals surface area contributed by atoms with Crippen molar-refractivity contribution in [2.45, 2.75) is 13.3 Å². The van der Waals surface area contributed by atoms with Crippen LogP contribution in [0.4, 0.5) is 0 Å². The van der Waals surface area contributed by atoms with E-state index < -0.39 is 17.3 Å². The summed E-state index contributed by atoms with van der Waals surface area (Å²) < 4.78 is 4.74. The first-order valence-corrected chi connectivity index (χ1v) is 4.82. The maximum absolute atomic E-state index is 11.8. The van der Waals surface area contributed by atoms with Crippen LogP contribution in [-0.2, 0) is 0 Å². The number of aryl methyl sites for hydroxylation is 1. The Bertz CT molecular complexity index is 552. The highest BCUT2D eigenvalue weighted by molar-refractivity contribution is 6.01. The van der Waals surface area contributed by atoms with Crippen molar-refractivity contribution >= 4 is 5.78 Å². The highest BCUT2D eigenvalue weighted by Gasteiger charge is 2.45. The van der Waals surface area contributed by atoms with Crippen LogP contribution in [0.25, 0.3) is 0 Å². The number of aromatic hydroxyl groups is 1. The molecule has 0 bridgehead atoms. The zero-order chi connectivity index (χ0) is 11.9. The van der Waals surface area contributed by atoms with E-state index in [4.69, 9.17) is 9.68 Å². The second kappa shape index (κ2) is 3.49. The Morgan fingerprint density at radius 3 is 2.88 bits per heavy atom. The number of nitriles is 1. The average molecular weight is 219 g/mol. The molecule has 0 amide bonds. The summed E-state index contributed by atoms with van der Waals surface area (Å²) in [5, 5.41) is 18.1. The van der Waals surface area contributed by atoms with Crippen LogP contribution in [-0.4, -0.2) is 10.9 Å². The summed E-state index contributed by atoms with van der Waals surface area (Å²) in [5.74, 6) is -1.44. The molecule has 1 saturated carbocycles. The Morgan fingerprint density at radius 1 is 1.69 bits per heavy atom. The molecule has 0 aliphatic heterocycles. The van der Waals surface area contributed by atoms with E-state index in [0.717, 1.165) is 0 Å². The van der Waals surface area contributed by atoms with Crippen molar-refractivity contribution in [1.82, 2.24) is 0 Å². The van der Waals surface area contributed by atoms with Gasteiger partial charge in [-0.05, 0) is 13.3 Å². The molecule has 2 rings (SSSR count). The number of hydrogen-bond donors (Lipinski definition) is 1. The first-order chi connectivity index (χ1) is 7.54. The van der Waals surface area contributed by atoms with Crippen molar-refractivity contribution in [3.8, 4) is 11.8 Å². The average Bonchev–Trinajstić information content (AvgIpc) is 2.94. The van der Waals surface area contributed by atoms with Crippen LogP contribution in [0.2, 0.25) is 0 Å². The third-order valence-electron chi connectivity index (χ3n) is 2.59. The fourth-order valence-corrected chi connectivity index (χ4v) is 1.64. The number of nitrogens with zero attached hydrogens (tertiary/aromatic N) is 1. The predicted molar refractivity (Wildman–Crippen MR) is 52.9 cm³/mol. The lowest BCUT2D eigenvalue weighted by atomic mass is 10.1. The Labute approximate surface area is 90.9 Å². The number of carbonyl (C=O) groups excluding carboxylic acids is 1. The minimum absolute atomic E-state index is 0.242. The molecule has 2 unspecified atom stereocenters. The predicted octanol–water partition coefficient (Wildman–Crippen LogP) is 0.996. The van der Waals surface area contributed by atoms with Crippen LogP contribution in [0.3, 0.4) is 0 Å². The maximum atomic E-state index is 11.8. The summed E-state index contributed by atoms with van der Waals surface area (Å²) in [4.78, 5) is 23.2. The van der Waals surface area contributed by atoms with Gasteiger partial charge >= 0.3 is 5.63 Å². The summed E-state index contributed by atoms with van der Waals surface area (Å²) >= 11 is 0. The molecule has 0 radical (unpaired) electrons. The minimum atomic E-state index is -0.842. The maximum Gasteiger partial charge on any atom is 0.350 e. The van der Waals surface area contributed by atoms with E-state index in [9.17, 15) is 14.7 Å². The summed E-state index contributed by atoms with van der Waals surface area (Å²) in [6.45, 7) is 1.50. The zero-order valence-electron chi connectivity index (χ0n) is 8.56. The molecule has 1 aromatic heterocycles. The highest BCUT2D eigenvalue weighted by Crippen LogP contribution is 2.40. The van der Waals surface area contributed by atoms with Crippen molar-refractivity contribution in [3.05, 3.63) is 27.8 Å². The number of ketones is 1. The minimum Gasteiger partial charge on any atom is -0.507 e. The molecule has 16 heavy (non-hydrogen) atoms. The van der Waals surface area contributed by atoms with Gasteiger partial charge in [-0.1, -0.05) is 0 Å². The van der Waals surface area contributed by atoms with Gasteiger partial charge in [0.05, 0.1) is 12.0 Å². The summed E-state index contributed by atoms with van der Waals surface area (Å²) in [7, 11) is 0. The molecule has 1 N–H and O–H groups in total. The fraction of sp³-hybridized carbons (Fsp3) is 0.364. The molecular weight excluding hydrogens is 210 g/mol. The van der Waals surface area contributed by atoms with Crippen LogP contribution < -0.4 is 5.63 Å². The second-order valence-electron chi connectivity index (χ2n) is 3.85. The number of rotatable bonds is 2. The first-order valence-electron chi connectivity index (χ1n) is 4.82. The molecule has 0 spiro atoms. The molecule has 1 aromatic rings. The smallest absolute Gasteiger partial charge is 0.350 e. The topological polar surface area (TPSA) is 91.3 Å². The normalized spacial score (nSPS) is 22.5. The van der Waals surface area contributed by atoms with Gasteiger partial charge in [0.15, 0.2) is 5.78 Å². The third kappa shape index (κ3) is 1.58. The Morgan fingerprint density at radius 2 is 2.38 bits per heavy atom. The molecule has 0 aromatic carbocycles. The standard InChI is InChI=1S/C11H9NO4/c1-5-2-8(13)9(11(15)16-5)10(14)7-3-6(7)4-12/h2,6-7,13H,3H2,1H3. The van der Waals surface area contributed by atoms with Gasteiger partial charge in [0, 0.05) is 12.0 Å². The molecule has 0 saturated heterocycles. The van der Waals surface area contributed by atoms with E-state index in [1.54, 1.807) is 0 Å². The molecule has 5 heteroatoms. The van der Waals surface area contributed by atoms with Crippen LogP contribution in [0.15, 0.2) is 15.3 Å². The lowest BCUT2D eigenvalue weighted by molar-refractivity contribution is 0.0957. The molecule has 5 nitrogen and oxygen atoms in total. The van der Waals surface area contributed by atoms with Gasteiger partial charge in [-0.2, -0.15) is 5.26 Å². The Balaban J connectivity index is 2.39. The van der Waals surface area contributed by atoms with Gasteiger partial charge < -0.3 is 9.52 Å². The third-order valence-corrected chi connectivity index (χ3v) is 2.59. The Kier molecular flexibility index (Phi) is 2.27. The lowest BCUT2D eigenvalue weighted by Gasteiger charge is -2.01. The molecule has 1 aliphatic carbocycles. The summed E-state index contributed by atoms with van der Waals surface area (Å²) in [6, 6.07) is 3.18. The highest BCUT2D eigenvalue weighted by atomic mass is 16.4. The van der Waals surface area contributed by atoms with Crippen molar-refractivity contribution < 1.29 is 14.3 Å². The molecule has 82 valence electrons. The lowest BCUT2D eigenvalue weighted by Crippen LogP contribution is -2.16. The number of Topliss-reactive ketones (excluding diaryl/α,β-unsaturated/α-hetero) is 1. The van der Waals surface area contributed by atoms with Crippen LogP contribution in [0.1, 0.15) is 22.5 Å². The number of hydrogen-bond acceptors (Lipinski definition) is 5. The first kappa shape index (κ1) is 10.4. The van der Waals surface area contributed by atoms with Crippen molar-refractivity contribution in [1.29, 1.82) is 5.26 Å². The van der Waals surface area contributed by atoms with Gasteiger partial charge in [0.2, 0.25) is 0 Å². The summed E-state index contributed by atoms with van der Waals surface area (Å²) in [5.41, 5.74) is -1.18. The van der Waals surface area contributed by atoms with E-state index in [2.05, 4.69) is 0 Å². The fourth-order valence-electron chi connectivity index (χ4n) is 1.64. The van der Waals surface area contributed by atoms with Crippen molar-refractivity contribution in [2.75, 3.05) is 0 Å².